The average Bonchev–Trinajstić information content (AvgIpc) is 3.65. The van der Waals surface area contributed by atoms with E-state index in [0.29, 0.717) is 66.8 Å². The third-order valence-corrected chi connectivity index (χ3v) is 8.17. The lowest BCUT2D eigenvalue weighted by molar-refractivity contribution is 0.0364. The number of aromatic amines is 1. The van der Waals surface area contributed by atoms with Crippen molar-refractivity contribution in [2.24, 2.45) is 5.73 Å². The summed E-state index contributed by atoms with van der Waals surface area (Å²) in [5.41, 5.74) is 8.98. The number of fused-ring (bicyclic) bond motifs is 2. The maximum absolute atomic E-state index is 13.2. The number of imidazole rings is 2. The standard InChI is InChI=1S/C28H36N8O4S/c1-18(2)40-11-3-6-35-22-15-23-21(32-28(38)36(23)8-7-34-9-12-39-13-10-34)14-20(22)31-27(35)33-26(37)25-5-4-24(41-25)19(16-29)17-30/h4-5,14-18,29H,3,6-13,30H2,1-2H3,(H,32,38)(H,31,33,37)/b19-17+,29-16?. The maximum atomic E-state index is 13.2. The smallest absolute Gasteiger partial charge is 0.326 e. The van der Waals surface area contributed by atoms with E-state index in [0.717, 1.165) is 41.8 Å². The van der Waals surface area contributed by atoms with Gasteiger partial charge in [-0.2, -0.15) is 0 Å². The molecule has 5 rings (SSSR count). The molecule has 218 valence electrons. The molecule has 0 saturated carbocycles. The first-order valence-corrected chi connectivity index (χ1v) is 14.6. The molecular formula is C28H36N8O4S. The fraction of sp³-hybridized carbons (Fsp3) is 0.429. The van der Waals surface area contributed by atoms with Gasteiger partial charge in [0.1, 0.15) is 0 Å². The van der Waals surface area contributed by atoms with Gasteiger partial charge in [-0.1, -0.05) is 0 Å². The van der Waals surface area contributed by atoms with Gasteiger partial charge in [-0.3, -0.25) is 19.6 Å². The van der Waals surface area contributed by atoms with E-state index in [1.54, 1.807) is 16.7 Å². The average molecular weight is 581 g/mol. The summed E-state index contributed by atoms with van der Waals surface area (Å²) in [7, 11) is 0. The van der Waals surface area contributed by atoms with E-state index in [4.69, 9.17) is 25.6 Å². The Labute approximate surface area is 241 Å². The predicted octanol–water partition coefficient (Wildman–Crippen LogP) is 3.09. The van der Waals surface area contributed by atoms with Crippen LogP contribution in [0.5, 0.6) is 0 Å². The third kappa shape index (κ3) is 6.43. The van der Waals surface area contributed by atoms with Gasteiger partial charge in [-0.25, -0.2) is 9.78 Å². The number of anilines is 1. The van der Waals surface area contributed by atoms with E-state index in [9.17, 15) is 9.59 Å². The van der Waals surface area contributed by atoms with Gasteiger partial charge in [0, 0.05) is 62.2 Å². The number of rotatable bonds is 12. The molecule has 0 spiro atoms. The number of morpholine rings is 1. The molecule has 1 aliphatic rings. The summed E-state index contributed by atoms with van der Waals surface area (Å²) in [6, 6.07) is 7.32. The quantitative estimate of drug-likeness (QED) is 0.148. The van der Waals surface area contributed by atoms with E-state index >= 15 is 0 Å². The summed E-state index contributed by atoms with van der Waals surface area (Å²) < 4.78 is 14.9. The first-order valence-electron chi connectivity index (χ1n) is 13.8. The van der Waals surface area contributed by atoms with Gasteiger partial charge in [-0.15, -0.1) is 11.3 Å². The summed E-state index contributed by atoms with van der Waals surface area (Å²) in [6.07, 6.45) is 3.35. The number of hydrogen-bond donors (Lipinski definition) is 4. The van der Waals surface area contributed by atoms with Crippen LogP contribution in [0.25, 0.3) is 27.6 Å². The van der Waals surface area contributed by atoms with Crippen LogP contribution < -0.4 is 16.7 Å². The highest BCUT2D eigenvalue weighted by atomic mass is 32.1. The van der Waals surface area contributed by atoms with E-state index in [1.165, 1.54) is 17.5 Å². The minimum absolute atomic E-state index is 0.121. The number of H-pyrrole nitrogens is 1. The minimum Gasteiger partial charge on any atom is -0.404 e. The number of nitrogens with one attached hydrogen (secondary N) is 3. The zero-order valence-corrected chi connectivity index (χ0v) is 24.1. The molecule has 1 aliphatic heterocycles. The van der Waals surface area contributed by atoms with E-state index in [2.05, 4.69) is 15.2 Å². The van der Waals surface area contributed by atoms with Gasteiger partial charge >= 0.3 is 5.69 Å². The summed E-state index contributed by atoms with van der Waals surface area (Å²) in [5, 5.41) is 10.5. The number of carbonyl (C=O) groups excluding carboxylic acids is 1. The van der Waals surface area contributed by atoms with Gasteiger partial charge in [-0.05, 0) is 44.5 Å². The number of amides is 1. The number of allylic oxidation sites excluding steroid dienone is 1. The highest BCUT2D eigenvalue weighted by Crippen LogP contribution is 2.27. The Morgan fingerprint density at radius 3 is 2.71 bits per heavy atom. The van der Waals surface area contributed by atoms with Crippen molar-refractivity contribution in [2.45, 2.75) is 39.5 Å². The summed E-state index contributed by atoms with van der Waals surface area (Å²) in [5.74, 6) is 0.117. The van der Waals surface area contributed by atoms with Gasteiger partial charge in [0.2, 0.25) is 5.95 Å². The van der Waals surface area contributed by atoms with Crippen LogP contribution in [0.4, 0.5) is 5.95 Å². The van der Waals surface area contributed by atoms with Gasteiger partial charge < -0.3 is 30.2 Å². The van der Waals surface area contributed by atoms with E-state index in [-0.39, 0.29) is 17.7 Å². The number of aromatic nitrogens is 4. The van der Waals surface area contributed by atoms with E-state index < -0.39 is 0 Å². The van der Waals surface area contributed by atoms with Crippen LogP contribution in [-0.4, -0.2) is 81.7 Å². The number of hydrogen-bond acceptors (Lipinski definition) is 9. The van der Waals surface area contributed by atoms with Crippen molar-refractivity contribution in [1.82, 2.24) is 24.0 Å². The Morgan fingerprint density at radius 2 is 1.98 bits per heavy atom. The van der Waals surface area contributed by atoms with Gasteiger partial charge in [0.05, 0.1) is 46.3 Å². The molecule has 4 heterocycles. The molecular weight excluding hydrogens is 544 g/mol. The van der Waals surface area contributed by atoms with Crippen molar-refractivity contribution < 1.29 is 14.3 Å². The Hall–Kier alpha value is -3.78. The first kappa shape index (κ1) is 28.7. The van der Waals surface area contributed by atoms with Gasteiger partial charge in [0.15, 0.2) is 0 Å². The number of aryl methyl sites for hydroxylation is 1. The van der Waals surface area contributed by atoms with Crippen LogP contribution in [0, 0.1) is 5.41 Å². The Kier molecular flexibility index (Phi) is 8.98. The number of ether oxygens (including phenoxy) is 2. The van der Waals surface area contributed by atoms with Crippen LogP contribution in [0.15, 0.2) is 35.3 Å². The zero-order valence-electron chi connectivity index (χ0n) is 23.3. The lowest BCUT2D eigenvalue weighted by atomic mass is 10.2. The Balaban J connectivity index is 1.46. The topological polar surface area (TPSA) is 156 Å². The predicted molar refractivity (Wildman–Crippen MR) is 162 cm³/mol. The Bertz CT molecular complexity index is 1620. The fourth-order valence-electron chi connectivity index (χ4n) is 4.91. The number of benzene rings is 1. The number of thiophene rings is 1. The molecule has 1 aromatic carbocycles. The number of carbonyl (C=O) groups is 1. The molecule has 1 saturated heterocycles. The molecule has 0 bridgehead atoms. The number of nitrogens with zero attached hydrogens (tertiary/aromatic N) is 4. The molecule has 0 atom stereocenters. The van der Waals surface area contributed by atoms with Crippen LogP contribution in [0.3, 0.4) is 0 Å². The summed E-state index contributed by atoms with van der Waals surface area (Å²) >= 11 is 1.26. The largest absolute Gasteiger partial charge is 0.404 e. The lowest BCUT2D eigenvalue weighted by Crippen LogP contribution is -2.39. The normalized spacial score (nSPS) is 14.9. The van der Waals surface area contributed by atoms with Crippen molar-refractivity contribution >= 4 is 57.0 Å². The summed E-state index contributed by atoms with van der Waals surface area (Å²) in [6.45, 7) is 9.55. The molecule has 12 nitrogen and oxygen atoms in total. The lowest BCUT2D eigenvalue weighted by Gasteiger charge is -2.26. The molecule has 0 radical (unpaired) electrons. The molecule has 1 amide bonds. The van der Waals surface area contributed by atoms with Crippen LogP contribution >= 0.6 is 11.3 Å². The van der Waals surface area contributed by atoms with Gasteiger partial charge in [0.25, 0.3) is 5.91 Å². The summed E-state index contributed by atoms with van der Waals surface area (Å²) in [4.78, 5) is 37.3. The zero-order chi connectivity index (χ0) is 28.9. The molecule has 5 N–H and O–H groups in total. The van der Waals surface area contributed by atoms with Crippen LogP contribution in [0.1, 0.15) is 34.8 Å². The second-order valence-corrected chi connectivity index (χ2v) is 11.2. The highest BCUT2D eigenvalue weighted by molar-refractivity contribution is 7.15. The van der Waals surface area contributed by atoms with Crippen molar-refractivity contribution in [1.29, 1.82) is 5.41 Å². The first-order chi connectivity index (χ1) is 19.9. The van der Waals surface area contributed by atoms with Crippen molar-refractivity contribution in [2.75, 3.05) is 44.8 Å². The van der Waals surface area contributed by atoms with E-state index in [1.807, 2.05) is 30.5 Å². The van der Waals surface area contributed by atoms with Crippen LogP contribution in [0.2, 0.25) is 0 Å². The van der Waals surface area contributed by atoms with Crippen LogP contribution in [-0.2, 0) is 22.6 Å². The SMILES string of the molecule is CC(C)OCCCn1c(NC(=O)c2ccc(/C(C=N)=C/N)s2)nc2cc3[nH]c(=O)n(CCN4CCOCC4)c3cc21. The molecule has 3 aromatic heterocycles. The number of nitrogens with two attached hydrogens (primary N) is 1. The monoisotopic (exact) mass is 580 g/mol. The highest BCUT2D eigenvalue weighted by Gasteiger charge is 2.19. The molecule has 41 heavy (non-hydrogen) atoms. The maximum Gasteiger partial charge on any atom is 0.326 e. The molecule has 0 aliphatic carbocycles. The minimum atomic E-state index is -0.300. The molecule has 0 unspecified atom stereocenters. The van der Waals surface area contributed by atoms with Crippen molar-refractivity contribution in [3.05, 3.63) is 50.7 Å². The Morgan fingerprint density at radius 1 is 1.20 bits per heavy atom. The third-order valence-electron chi connectivity index (χ3n) is 7.04. The van der Waals surface area contributed by atoms with Crippen molar-refractivity contribution in [3.63, 3.8) is 0 Å². The second kappa shape index (κ2) is 12.8. The second-order valence-electron chi connectivity index (χ2n) is 10.1. The molecule has 4 aromatic rings. The fourth-order valence-corrected chi connectivity index (χ4v) is 5.80. The molecule has 1 fully saturated rings. The van der Waals surface area contributed by atoms with Crippen molar-refractivity contribution in [3.8, 4) is 0 Å². The molecule has 13 heteroatoms.